The molecule has 0 saturated carbocycles. The Kier molecular flexibility index (Phi) is 3.72. The fourth-order valence-electron chi connectivity index (χ4n) is 2.73. The fraction of sp³-hybridized carbons (Fsp3) is 0.333. The highest BCUT2D eigenvalue weighted by atomic mass is 32.2. The summed E-state index contributed by atoms with van der Waals surface area (Å²) in [5.74, 6) is 0.658. The van der Waals surface area contributed by atoms with Gasteiger partial charge in [-0.2, -0.15) is 9.57 Å². The zero-order chi connectivity index (χ0) is 15.7. The first-order valence-corrected chi connectivity index (χ1v) is 8.41. The number of nitriles is 1. The first-order valence-electron chi connectivity index (χ1n) is 6.97. The second-order valence-electron chi connectivity index (χ2n) is 5.28. The maximum absolute atomic E-state index is 12.9. The van der Waals surface area contributed by atoms with Gasteiger partial charge in [0, 0.05) is 12.6 Å². The molecule has 0 bridgehead atoms. The van der Waals surface area contributed by atoms with Crippen LogP contribution >= 0.6 is 0 Å². The molecule has 0 radical (unpaired) electrons. The van der Waals surface area contributed by atoms with Crippen LogP contribution in [0.15, 0.2) is 39.8 Å². The summed E-state index contributed by atoms with van der Waals surface area (Å²) in [5, 5.41) is 12.9. The van der Waals surface area contributed by atoms with E-state index in [0.29, 0.717) is 30.0 Å². The van der Waals surface area contributed by atoms with Crippen LogP contribution in [0, 0.1) is 18.3 Å². The minimum atomic E-state index is -3.66. The number of aryl methyl sites for hydroxylation is 1. The molecule has 0 spiro atoms. The van der Waals surface area contributed by atoms with Crippen LogP contribution < -0.4 is 0 Å². The summed E-state index contributed by atoms with van der Waals surface area (Å²) >= 11 is 0. The van der Waals surface area contributed by atoms with E-state index in [4.69, 9.17) is 9.78 Å². The Morgan fingerprint density at radius 3 is 2.91 bits per heavy atom. The molecule has 0 N–H and O–H groups in total. The number of sulfonamides is 1. The molecule has 1 aromatic heterocycles. The molecule has 22 heavy (non-hydrogen) atoms. The summed E-state index contributed by atoms with van der Waals surface area (Å²) in [6, 6.07) is 9.50. The predicted octanol–water partition coefficient (Wildman–Crippen LogP) is 2.38. The number of benzene rings is 1. The number of rotatable bonds is 3. The number of nitrogens with zero attached hydrogens (tertiary/aromatic N) is 3. The molecular formula is C15H15N3O3S. The smallest absolute Gasteiger partial charge is 0.243 e. The van der Waals surface area contributed by atoms with E-state index in [-0.39, 0.29) is 10.9 Å². The minimum absolute atomic E-state index is 0.138. The lowest BCUT2D eigenvalue weighted by Crippen LogP contribution is -2.30. The topological polar surface area (TPSA) is 87.2 Å². The third-order valence-electron chi connectivity index (χ3n) is 3.76. The standard InChI is InChI=1S/C15H15N3O3S/c1-11-8-14(17-21-11)15-6-3-7-18(15)22(19,20)13-5-2-4-12(9-13)10-16/h2,4-5,8-9,15H,3,6-7H2,1H3. The third kappa shape index (κ3) is 2.51. The third-order valence-corrected chi connectivity index (χ3v) is 5.67. The molecule has 114 valence electrons. The largest absolute Gasteiger partial charge is 0.361 e. The Hall–Kier alpha value is -2.17. The van der Waals surface area contributed by atoms with Gasteiger partial charge in [0.2, 0.25) is 10.0 Å². The number of hydrogen-bond donors (Lipinski definition) is 0. The monoisotopic (exact) mass is 317 g/mol. The summed E-state index contributed by atoms with van der Waals surface area (Å²) in [5.41, 5.74) is 0.962. The lowest BCUT2D eigenvalue weighted by molar-refractivity contribution is 0.349. The average Bonchev–Trinajstić information content (AvgIpc) is 3.16. The van der Waals surface area contributed by atoms with E-state index < -0.39 is 10.0 Å². The molecule has 1 atom stereocenters. The Bertz CT molecular complexity index is 836. The molecule has 0 aliphatic carbocycles. The molecule has 7 heteroatoms. The van der Waals surface area contributed by atoms with Gasteiger partial charge >= 0.3 is 0 Å². The molecule has 6 nitrogen and oxygen atoms in total. The maximum atomic E-state index is 12.9. The number of aromatic nitrogens is 1. The van der Waals surface area contributed by atoms with E-state index >= 15 is 0 Å². The number of hydrogen-bond acceptors (Lipinski definition) is 5. The normalized spacial score (nSPS) is 19.2. The van der Waals surface area contributed by atoms with Gasteiger partial charge in [0.05, 0.1) is 22.6 Å². The molecule has 3 rings (SSSR count). The molecule has 1 saturated heterocycles. The lowest BCUT2D eigenvalue weighted by atomic mass is 10.1. The van der Waals surface area contributed by atoms with Gasteiger partial charge in [0.15, 0.2) is 0 Å². The first kappa shape index (κ1) is 14.8. The molecule has 1 aliphatic heterocycles. The van der Waals surface area contributed by atoms with E-state index in [2.05, 4.69) is 5.16 Å². The molecule has 1 unspecified atom stereocenters. The van der Waals surface area contributed by atoms with Crippen LogP contribution in [0.2, 0.25) is 0 Å². The van der Waals surface area contributed by atoms with E-state index in [1.54, 1.807) is 25.1 Å². The van der Waals surface area contributed by atoms with Crippen molar-refractivity contribution in [2.24, 2.45) is 0 Å². The first-order chi connectivity index (χ1) is 10.5. The summed E-state index contributed by atoms with van der Waals surface area (Å²) in [6.45, 7) is 2.22. The predicted molar refractivity (Wildman–Crippen MR) is 78.3 cm³/mol. The van der Waals surface area contributed by atoms with Crippen molar-refractivity contribution in [3.05, 3.63) is 47.3 Å². The summed E-state index contributed by atoms with van der Waals surface area (Å²) in [7, 11) is -3.66. The second kappa shape index (κ2) is 5.55. The molecule has 1 fully saturated rings. The highest BCUT2D eigenvalue weighted by Gasteiger charge is 2.37. The van der Waals surface area contributed by atoms with Crippen LogP contribution in [0.3, 0.4) is 0 Å². The van der Waals surface area contributed by atoms with Crippen molar-refractivity contribution in [2.75, 3.05) is 6.54 Å². The van der Waals surface area contributed by atoms with Gasteiger partial charge in [-0.3, -0.25) is 0 Å². The van der Waals surface area contributed by atoms with Crippen molar-refractivity contribution in [2.45, 2.75) is 30.7 Å². The highest BCUT2D eigenvalue weighted by Crippen LogP contribution is 2.36. The van der Waals surface area contributed by atoms with Crippen molar-refractivity contribution in [3.8, 4) is 6.07 Å². The summed E-state index contributed by atoms with van der Waals surface area (Å²) in [4.78, 5) is 0.138. The van der Waals surface area contributed by atoms with Gasteiger partial charge in [0.25, 0.3) is 0 Å². The molecule has 1 aromatic carbocycles. The molecule has 2 heterocycles. The highest BCUT2D eigenvalue weighted by molar-refractivity contribution is 7.89. The lowest BCUT2D eigenvalue weighted by Gasteiger charge is -2.22. The quantitative estimate of drug-likeness (QED) is 0.867. The van der Waals surface area contributed by atoms with Crippen LogP contribution in [-0.4, -0.2) is 24.4 Å². The zero-order valence-corrected chi connectivity index (χ0v) is 12.9. The van der Waals surface area contributed by atoms with E-state index in [0.717, 1.165) is 6.42 Å². The second-order valence-corrected chi connectivity index (χ2v) is 7.17. The van der Waals surface area contributed by atoms with E-state index in [9.17, 15) is 8.42 Å². The van der Waals surface area contributed by atoms with Crippen molar-refractivity contribution >= 4 is 10.0 Å². The van der Waals surface area contributed by atoms with E-state index in [1.165, 1.54) is 16.4 Å². The molecular weight excluding hydrogens is 302 g/mol. The Morgan fingerprint density at radius 1 is 1.41 bits per heavy atom. The molecule has 0 amide bonds. The Morgan fingerprint density at radius 2 is 2.23 bits per heavy atom. The van der Waals surface area contributed by atoms with Crippen LogP contribution in [0.5, 0.6) is 0 Å². The average molecular weight is 317 g/mol. The summed E-state index contributed by atoms with van der Waals surface area (Å²) < 4.78 is 32.2. The minimum Gasteiger partial charge on any atom is -0.361 e. The Labute approximate surface area is 129 Å². The zero-order valence-electron chi connectivity index (χ0n) is 12.1. The van der Waals surface area contributed by atoms with Gasteiger partial charge in [-0.25, -0.2) is 8.42 Å². The van der Waals surface area contributed by atoms with Crippen molar-refractivity contribution in [1.29, 1.82) is 5.26 Å². The van der Waals surface area contributed by atoms with Crippen molar-refractivity contribution in [1.82, 2.24) is 9.46 Å². The van der Waals surface area contributed by atoms with Crippen molar-refractivity contribution in [3.63, 3.8) is 0 Å². The maximum Gasteiger partial charge on any atom is 0.243 e. The van der Waals surface area contributed by atoms with Crippen molar-refractivity contribution < 1.29 is 12.9 Å². The van der Waals surface area contributed by atoms with Gasteiger partial charge in [0.1, 0.15) is 11.5 Å². The fourth-order valence-corrected chi connectivity index (χ4v) is 4.44. The van der Waals surface area contributed by atoms with E-state index in [1.807, 2.05) is 6.07 Å². The van der Waals surface area contributed by atoms with Gasteiger partial charge in [-0.15, -0.1) is 0 Å². The summed E-state index contributed by atoms with van der Waals surface area (Å²) in [6.07, 6.45) is 1.48. The SMILES string of the molecule is Cc1cc(C2CCCN2S(=O)(=O)c2cccc(C#N)c2)no1. The Balaban J connectivity index is 1.99. The molecule has 2 aromatic rings. The van der Waals surface area contributed by atoms with Gasteiger partial charge < -0.3 is 4.52 Å². The van der Waals surface area contributed by atoms with Crippen LogP contribution in [0.25, 0.3) is 0 Å². The van der Waals surface area contributed by atoms with Gasteiger partial charge in [-0.1, -0.05) is 11.2 Å². The molecule has 1 aliphatic rings. The van der Waals surface area contributed by atoms with Crippen LogP contribution in [0.1, 0.15) is 35.9 Å². The van der Waals surface area contributed by atoms with Gasteiger partial charge in [-0.05, 0) is 38.0 Å². The van der Waals surface area contributed by atoms with Crippen LogP contribution in [-0.2, 0) is 10.0 Å². The van der Waals surface area contributed by atoms with Crippen LogP contribution in [0.4, 0.5) is 0 Å².